The predicted molar refractivity (Wildman–Crippen MR) is 95.0 cm³/mol. The molecule has 0 fully saturated rings. The highest BCUT2D eigenvalue weighted by Crippen LogP contribution is 2.41. The number of hydrogen-bond donors (Lipinski definition) is 2. The van der Waals surface area contributed by atoms with E-state index in [1.165, 1.54) is 36.1 Å². The number of fused-ring (bicyclic) bond motifs is 1. The molecule has 1 heterocycles. The van der Waals surface area contributed by atoms with Crippen molar-refractivity contribution >= 4 is 29.1 Å². The quantitative estimate of drug-likeness (QED) is 0.882. The van der Waals surface area contributed by atoms with Gasteiger partial charge in [-0.1, -0.05) is 18.2 Å². The van der Waals surface area contributed by atoms with Crippen molar-refractivity contribution in [2.45, 2.75) is 18.9 Å². The van der Waals surface area contributed by atoms with Gasteiger partial charge in [0.2, 0.25) is 11.8 Å². The molecule has 134 valence electrons. The lowest BCUT2D eigenvalue weighted by Gasteiger charge is -2.28. The third-order valence-electron chi connectivity index (χ3n) is 4.34. The minimum absolute atomic E-state index is 0.274. The maximum atomic E-state index is 13.0. The van der Waals surface area contributed by atoms with E-state index >= 15 is 0 Å². The van der Waals surface area contributed by atoms with Crippen molar-refractivity contribution in [1.29, 1.82) is 0 Å². The van der Waals surface area contributed by atoms with E-state index in [0.29, 0.717) is 16.9 Å². The average molecular weight is 355 g/mol. The number of carbonyl (C=O) groups excluding carboxylic acids is 3. The Morgan fingerprint density at radius 3 is 2.42 bits per heavy atom. The van der Waals surface area contributed by atoms with Crippen LogP contribution in [0.15, 0.2) is 48.5 Å². The van der Waals surface area contributed by atoms with Gasteiger partial charge in [-0.2, -0.15) is 0 Å². The molecule has 3 amide bonds. The molecule has 0 radical (unpaired) electrons. The zero-order valence-electron chi connectivity index (χ0n) is 14.4. The molecule has 2 N–H and O–H groups in total. The van der Waals surface area contributed by atoms with Gasteiger partial charge in [0.15, 0.2) is 5.54 Å². The monoisotopic (exact) mass is 355 g/mol. The molecule has 0 bridgehead atoms. The SMILES string of the molecule is CC(=O)NC1(CC(=O)Nc2ccc(F)cc2)C(=O)N(C)c2ccccc21. The zero-order chi connectivity index (χ0) is 18.9. The summed E-state index contributed by atoms with van der Waals surface area (Å²) in [6.07, 6.45) is -0.274. The molecule has 1 aliphatic heterocycles. The van der Waals surface area contributed by atoms with Crippen LogP contribution in [0.5, 0.6) is 0 Å². The molecule has 1 aliphatic rings. The number of carbonyl (C=O) groups is 3. The first-order valence-corrected chi connectivity index (χ1v) is 8.05. The Hall–Kier alpha value is -3.22. The lowest BCUT2D eigenvalue weighted by atomic mass is 9.87. The van der Waals surface area contributed by atoms with Gasteiger partial charge in [-0.15, -0.1) is 0 Å². The van der Waals surface area contributed by atoms with Gasteiger partial charge in [0.05, 0.1) is 6.42 Å². The summed E-state index contributed by atoms with van der Waals surface area (Å²) in [6.45, 7) is 1.30. The summed E-state index contributed by atoms with van der Waals surface area (Å²) >= 11 is 0. The van der Waals surface area contributed by atoms with Gasteiger partial charge >= 0.3 is 0 Å². The molecule has 6 nitrogen and oxygen atoms in total. The number of anilines is 2. The number of para-hydroxylation sites is 1. The highest BCUT2D eigenvalue weighted by atomic mass is 19.1. The molecule has 26 heavy (non-hydrogen) atoms. The van der Waals surface area contributed by atoms with Crippen LogP contribution in [0, 0.1) is 5.82 Å². The van der Waals surface area contributed by atoms with Gasteiger partial charge in [-0.05, 0) is 30.3 Å². The van der Waals surface area contributed by atoms with Gasteiger partial charge in [-0.25, -0.2) is 4.39 Å². The largest absolute Gasteiger partial charge is 0.338 e. The van der Waals surface area contributed by atoms with E-state index < -0.39 is 23.2 Å². The molecule has 0 aliphatic carbocycles. The van der Waals surface area contributed by atoms with Gasteiger partial charge in [-0.3, -0.25) is 14.4 Å². The fraction of sp³-hybridized carbons (Fsp3) is 0.211. The van der Waals surface area contributed by atoms with E-state index in [0.717, 1.165) is 0 Å². The molecule has 0 saturated heterocycles. The Bertz CT molecular complexity index is 882. The van der Waals surface area contributed by atoms with E-state index in [1.54, 1.807) is 31.3 Å². The molecule has 2 aromatic carbocycles. The van der Waals surface area contributed by atoms with Crippen molar-refractivity contribution in [3.63, 3.8) is 0 Å². The fourth-order valence-electron chi connectivity index (χ4n) is 3.25. The minimum atomic E-state index is -1.47. The fourth-order valence-corrected chi connectivity index (χ4v) is 3.25. The first kappa shape index (κ1) is 17.6. The molecule has 0 saturated carbocycles. The Morgan fingerprint density at radius 2 is 1.77 bits per heavy atom. The summed E-state index contributed by atoms with van der Waals surface area (Å²) in [5.41, 5.74) is 0.139. The van der Waals surface area contributed by atoms with Crippen molar-refractivity contribution in [2.75, 3.05) is 17.3 Å². The number of hydrogen-bond acceptors (Lipinski definition) is 3. The van der Waals surface area contributed by atoms with Crippen molar-refractivity contribution in [1.82, 2.24) is 5.32 Å². The van der Waals surface area contributed by atoms with E-state index in [-0.39, 0.29) is 12.3 Å². The number of amides is 3. The summed E-state index contributed by atoms with van der Waals surface area (Å²) in [6, 6.07) is 12.3. The van der Waals surface area contributed by atoms with Crippen LogP contribution in [0.3, 0.4) is 0 Å². The number of nitrogens with one attached hydrogen (secondary N) is 2. The summed E-state index contributed by atoms with van der Waals surface area (Å²) in [5, 5.41) is 5.30. The predicted octanol–water partition coefficient (Wildman–Crippen LogP) is 2.16. The highest BCUT2D eigenvalue weighted by Gasteiger charge is 2.51. The van der Waals surface area contributed by atoms with Crippen molar-refractivity contribution in [3.8, 4) is 0 Å². The number of halogens is 1. The summed E-state index contributed by atoms with van der Waals surface area (Å²) < 4.78 is 13.0. The van der Waals surface area contributed by atoms with Crippen LogP contribution >= 0.6 is 0 Å². The minimum Gasteiger partial charge on any atom is -0.338 e. The maximum absolute atomic E-state index is 13.0. The van der Waals surface area contributed by atoms with Crippen molar-refractivity contribution in [2.24, 2.45) is 0 Å². The van der Waals surface area contributed by atoms with E-state index in [4.69, 9.17) is 0 Å². The van der Waals surface area contributed by atoms with E-state index in [9.17, 15) is 18.8 Å². The van der Waals surface area contributed by atoms with Gasteiger partial charge in [0, 0.05) is 30.9 Å². The van der Waals surface area contributed by atoms with Crippen molar-refractivity contribution in [3.05, 3.63) is 59.9 Å². The molecule has 3 rings (SSSR count). The maximum Gasteiger partial charge on any atom is 0.257 e. The highest BCUT2D eigenvalue weighted by molar-refractivity contribution is 6.11. The first-order valence-electron chi connectivity index (χ1n) is 8.05. The second-order valence-corrected chi connectivity index (χ2v) is 6.20. The number of nitrogens with zero attached hydrogens (tertiary/aromatic N) is 1. The lowest BCUT2D eigenvalue weighted by molar-refractivity contribution is -0.133. The lowest BCUT2D eigenvalue weighted by Crippen LogP contribution is -2.53. The molecule has 2 aromatic rings. The normalized spacial score (nSPS) is 18.4. The summed E-state index contributed by atoms with van der Waals surface area (Å²) in [4.78, 5) is 38.7. The van der Waals surface area contributed by atoms with E-state index in [1.807, 2.05) is 0 Å². The summed E-state index contributed by atoms with van der Waals surface area (Å²) in [7, 11) is 1.60. The van der Waals surface area contributed by atoms with E-state index in [2.05, 4.69) is 10.6 Å². The number of benzene rings is 2. The molecular weight excluding hydrogens is 337 g/mol. The van der Waals surface area contributed by atoms with Crippen molar-refractivity contribution < 1.29 is 18.8 Å². The van der Waals surface area contributed by atoms with Crippen LogP contribution in [0.25, 0.3) is 0 Å². The van der Waals surface area contributed by atoms with Gasteiger partial charge < -0.3 is 15.5 Å². The third kappa shape index (κ3) is 3.03. The van der Waals surface area contributed by atoms with Crippen LogP contribution in [0.4, 0.5) is 15.8 Å². The second kappa shape index (κ2) is 6.59. The molecule has 0 aromatic heterocycles. The standard InChI is InChI=1S/C19H18FN3O3/c1-12(24)22-19(11-17(25)21-14-9-7-13(20)8-10-14)15-5-3-4-6-16(15)23(2)18(19)26/h3-10H,11H2,1-2H3,(H,21,25)(H,22,24). The third-order valence-corrected chi connectivity index (χ3v) is 4.34. The molecule has 7 heteroatoms. The Kier molecular flexibility index (Phi) is 4.46. The Labute approximate surface area is 150 Å². The summed E-state index contributed by atoms with van der Waals surface area (Å²) in [5.74, 6) is -1.69. The Balaban J connectivity index is 1.94. The molecule has 1 atom stereocenters. The zero-order valence-corrected chi connectivity index (χ0v) is 14.4. The number of likely N-dealkylation sites (N-methyl/N-ethyl adjacent to an activating group) is 1. The van der Waals surface area contributed by atoms with Gasteiger partial charge in [0.25, 0.3) is 5.91 Å². The van der Waals surface area contributed by atoms with Crippen LogP contribution in [0.1, 0.15) is 18.9 Å². The van der Waals surface area contributed by atoms with Crippen LogP contribution in [-0.2, 0) is 19.9 Å². The smallest absolute Gasteiger partial charge is 0.257 e. The first-order chi connectivity index (χ1) is 12.3. The van der Waals surface area contributed by atoms with Crippen LogP contribution in [-0.4, -0.2) is 24.8 Å². The average Bonchev–Trinajstić information content (AvgIpc) is 2.79. The van der Waals surface area contributed by atoms with Crippen LogP contribution < -0.4 is 15.5 Å². The topological polar surface area (TPSA) is 78.5 Å². The van der Waals surface area contributed by atoms with Gasteiger partial charge in [0.1, 0.15) is 5.82 Å². The number of rotatable bonds is 4. The molecule has 0 spiro atoms. The molecule has 1 unspecified atom stereocenters. The van der Waals surface area contributed by atoms with Crippen LogP contribution in [0.2, 0.25) is 0 Å². The Morgan fingerprint density at radius 1 is 1.12 bits per heavy atom. The second-order valence-electron chi connectivity index (χ2n) is 6.20. The molecular formula is C19H18FN3O3.